The summed E-state index contributed by atoms with van der Waals surface area (Å²) in [7, 11) is 0. The number of nitrogens with one attached hydrogen (secondary N) is 2. The minimum atomic E-state index is -0.251. The number of hydrogen-bond donors (Lipinski definition) is 2. The van der Waals surface area contributed by atoms with E-state index in [0.717, 1.165) is 12.1 Å². The van der Waals surface area contributed by atoms with Crippen LogP contribution in [0, 0.1) is 18.2 Å². The van der Waals surface area contributed by atoms with Gasteiger partial charge in [0.1, 0.15) is 5.82 Å². The van der Waals surface area contributed by atoms with E-state index in [9.17, 15) is 4.39 Å². The van der Waals surface area contributed by atoms with Crippen LogP contribution in [0.15, 0.2) is 29.3 Å². The summed E-state index contributed by atoms with van der Waals surface area (Å²) in [6, 6.07) is 6.38. The molecule has 0 saturated heterocycles. The fourth-order valence-corrected chi connectivity index (χ4v) is 1.28. The first-order valence-electron chi connectivity index (χ1n) is 5.46. The molecular formula is C13H17FIN3. The van der Waals surface area contributed by atoms with E-state index in [2.05, 4.69) is 21.5 Å². The predicted octanol–water partition coefficient (Wildman–Crippen LogP) is 2.13. The molecule has 2 N–H and O–H groups in total. The number of halogens is 2. The van der Waals surface area contributed by atoms with Crippen LogP contribution in [0.1, 0.15) is 12.5 Å². The zero-order valence-corrected chi connectivity index (χ0v) is 12.6. The number of aliphatic imine (C=N–C) groups is 1. The fraction of sp³-hybridized carbons (Fsp3) is 0.308. The first-order chi connectivity index (χ1) is 8.26. The van der Waals surface area contributed by atoms with Crippen molar-refractivity contribution in [3.8, 4) is 12.3 Å². The Kier molecular flexibility index (Phi) is 9.01. The molecule has 5 heteroatoms. The molecule has 0 fully saturated rings. The summed E-state index contributed by atoms with van der Waals surface area (Å²) in [6.07, 6.45) is 5.16. The first-order valence-corrected chi connectivity index (χ1v) is 5.46. The molecule has 1 rings (SSSR count). The van der Waals surface area contributed by atoms with E-state index >= 15 is 0 Å². The van der Waals surface area contributed by atoms with Crippen LogP contribution in [0.2, 0.25) is 0 Å². The highest BCUT2D eigenvalue weighted by molar-refractivity contribution is 14.0. The van der Waals surface area contributed by atoms with Crippen molar-refractivity contribution in [3.63, 3.8) is 0 Å². The Labute approximate surface area is 124 Å². The largest absolute Gasteiger partial charge is 0.357 e. The molecule has 0 aliphatic carbocycles. The lowest BCUT2D eigenvalue weighted by Crippen LogP contribution is -2.37. The van der Waals surface area contributed by atoms with Gasteiger partial charge in [0.05, 0.1) is 13.1 Å². The maximum Gasteiger partial charge on any atom is 0.192 e. The van der Waals surface area contributed by atoms with Crippen LogP contribution in [-0.4, -0.2) is 19.0 Å². The van der Waals surface area contributed by atoms with E-state index in [1.54, 1.807) is 6.07 Å². The van der Waals surface area contributed by atoms with Crippen molar-refractivity contribution in [1.82, 2.24) is 10.6 Å². The van der Waals surface area contributed by atoms with Crippen LogP contribution in [-0.2, 0) is 6.54 Å². The Morgan fingerprint density at radius 3 is 2.83 bits per heavy atom. The van der Waals surface area contributed by atoms with Gasteiger partial charge in [-0.1, -0.05) is 18.1 Å². The third-order valence-electron chi connectivity index (χ3n) is 2.01. The lowest BCUT2D eigenvalue weighted by molar-refractivity contribution is 0.625. The van der Waals surface area contributed by atoms with E-state index < -0.39 is 0 Å². The Morgan fingerprint density at radius 2 is 2.22 bits per heavy atom. The van der Waals surface area contributed by atoms with Crippen LogP contribution in [0.5, 0.6) is 0 Å². The highest BCUT2D eigenvalue weighted by Gasteiger charge is 1.97. The van der Waals surface area contributed by atoms with Crippen molar-refractivity contribution in [2.75, 3.05) is 13.1 Å². The minimum absolute atomic E-state index is 0. The summed E-state index contributed by atoms with van der Waals surface area (Å²) in [5.74, 6) is 2.86. The average Bonchev–Trinajstić information content (AvgIpc) is 2.33. The molecule has 0 radical (unpaired) electrons. The second-order valence-electron chi connectivity index (χ2n) is 3.38. The lowest BCUT2D eigenvalue weighted by atomic mass is 10.2. The Morgan fingerprint density at radius 1 is 1.44 bits per heavy atom. The average molecular weight is 361 g/mol. The maximum atomic E-state index is 12.9. The molecule has 18 heavy (non-hydrogen) atoms. The highest BCUT2D eigenvalue weighted by Crippen LogP contribution is 2.04. The monoisotopic (exact) mass is 361 g/mol. The third kappa shape index (κ3) is 6.45. The standard InChI is InChI=1S/C13H16FN3.HI/c1-3-8-16-13(15-4-2)17-10-11-6-5-7-12(14)9-11;/h1,5-7,9H,4,8,10H2,2H3,(H2,15,16,17);1H. The number of hydrogen-bond acceptors (Lipinski definition) is 1. The van der Waals surface area contributed by atoms with Crippen molar-refractivity contribution < 1.29 is 4.39 Å². The third-order valence-corrected chi connectivity index (χ3v) is 2.01. The molecule has 0 saturated carbocycles. The molecule has 0 bridgehead atoms. The van der Waals surface area contributed by atoms with Crippen LogP contribution < -0.4 is 10.6 Å². The van der Waals surface area contributed by atoms with Crippen molar-refractivity contribution in [1.29, 1.82) is 0 Å². The van der Waals surface area contributed by atoms with Gasteiger partial charge in [0.25, 0.3) is 0 Å². The second kappa shape index (κ2) is 9.71. The molecule has 0 spiro atoms. The van der Waals surface area contributed by atoms with Gasteiger partial charge in [0.2, 0.25) is 0 Å². The topological polar surface area (TPSA) is 36.4 Å². The number of terminal acetylenes is 1. The van der Waals surface area contributed by atoms with Gasteiger partial charge in [-0.3, -0.25) is 0 Å². The molecular weight excluding hydrogens is 344 g/mol. The zero-order valence-electron chi connectivity index (χ0n) is 10.2. The summed E-state index contributed by atoms with van der Waals surface area (Å²) in [4.78, 5) is 4.29. The first kappa shape index (κ1) is 16.7. The zero-order chi connectivity index (χ0) is 12.5. The molecule has 0 aromatic heterocycles. The van der Waals surface area contributed by atoms with Crippen molar-refractivity contribution in [2.45, 2.75) is 13.5 Å². The molecule has 1 aromatic rings. The van der Waals surface area contributed by atoms with E-state index in [4.69, 9.17) is 6.42 Å². The molecule has 1 aromatic carbocycles. The summed E-state index contributed by atoms with van der Waals surface area (Å²) in [5.41, 5.74) is 0.822. The van der Waals surface area contributed by atoms with E-state index in [-0.39, 0.29) is 29.8 Å². The number of guanidine groups is 1. The molecule has 0 heterocycles. The lowest BCUT2D eigenvalue weighted by Gasteiger charge is -2.08. The second-order valence-corrected chi connectivity index (χ2v) is 3.38. The predicted molar refractivity (Wildman–Crippen MR) is 83.5 cm³/mol. The van der Waals surface area contributed by atoms with Gasteiger partial charge in [-0.05, 0) is 24.6 Å². The van der Waals surface area contributed by atoms with Gasteiger partial charge < -0.3 is 10.6 Å². The smallest absolute Gasteiger partial charge is 0.192 e. The van der Waals surface area contributed by atoms with Crippen molar-refractivity contribution >= 4 is 29.9 Å². The fourth-order valence-electron chi connectivity index (χ4n) is 1.28. The van der Waals surface area contributed by atoms with E-state index in [0.29, 0.717) is 19.0 Å². The van der Waals surface area contributed by atoms with E-state index in [1.165, 1.54) is 12.1 Å². The van der Waals surface area contributed by atoms with Crippen LogP contribution in [0.25, 0.3) is 0 Å². The normalized spacial score (nSPS) is 10.2. The molecule has 98 valence electrons. The quantitative estimate of drug-likeness (QED) is 0.373. The van der Waals surface area contributed by atoms with E-state index in [1.807, 2.05) is 13.0 Å². The van der Waals surface area contributed by atoms with Gasteiger partial charge in [0, 0.05) is 6.54 Å². The Hall–Kier alpha value is -1.29. The van der Waals surface area contributed by atoms with Crippen LogP contribution >= 0.6 is 24.0 Å². The molecule has 0 aliphatic rings. The number of rotatable bonds is 4. The van der Waals surface area contributed by atoms with Gasteiger partial charge >= 0.3 is 0 Å². The molecule has 0 amide bonds. The number of nitrogens with zero attached hydrogens (tertiary/aromatic N) is 1. The number of benzene rings is 1. The highest BCUT2D eigenvalue weighted by atomic mass is 127. The summed E-state index contributed by atoms with van der Waals surface area (Å²) < 4.78 is 12.9. The van der Waals surface area contributed by atoms with Gasteiger partial charge in [0.15, 0.2) is 5.96 Å². The molecule has 3 nitrogen and oxygen atoms in total. The van der Waals surface area contributed by atoms with Crippen molar-refractivity contribution in [3.05, 3.63) is 35.6 Å². The van der Waals surface area contributed by atoms with Crippen LogP contribution in [0.3, 0.4) is 0 Å². The Bertz CT molecular complexity index is 426. The molecule has 0 unspecified atom stereocenters. The SMILES string of the molecule is C#CCNC(=NCc1cccc(F)c1)NCC.I. The van der Waals surface area contributed by atoms with Crippen molar-refractivity contribution in [2.24, 2.45) is 4.99 Å². The van der Waals surface area contributed by atoms with Gasteiger partial charge in [-0.25, -0.2) is 9.38 Å². The summed E-state index contributed by atoms with van der Waals surface area (Å²) >= 11 is 0. The molecule has 0 atom stereocenters. The molecule has 0 aliphatic heterocycles. The van der Waals surface area contributed by atoms with Crippen LogP contribution in [0.4, 0.5) is 4.39 Å². The van der Waals surface area contributed by atoms with Gasteiger partial charge in [-0.15, -0.1) is 30.4 Å². The van der Waals surface area contributed by atoms with Gasteiger partial charge in [-0.2, -0.15) is 0 Å². The Balaban J connectivity index is 0.00000289. The summed E-state index contributed by atoms with van der Waals surface area (Å²) in [6.45, 7) is 3.54. The minimum Gasteiger partial charge on any atom is -0.357 e. The summed E-state index contributed by atoms with van der Waals surface area (Å²) in [5, 5.41) is 6.02. The maximum absolute atomic E-state index is 12.9.